The Hall–Kier alpha value is -1.16. The number of amidine groups is 1. The van der Waals surface area contributed by atoms with Gasteiger partial charge in [0.05, 0.1) is 6.04 Å². The normalized spacial score (nSPS) is 20.9. The van der Waals surface area contributed by atoms with Crippen molar-refractivity contribution in [3.8, 4) is 5.75 Å². The summed E-state index contributed by atoms with van der Waals surface area (Å²) in [6, 6.07) is 7.54. The summed E-state index contributed by atoms with van der Waals surface area (Å²) in [6.45, 7) is 0. The van der Waals surface area contributed by atoms with Gasteiger partial charge < -0.3 is 10.8 Å². The van der Waals surface area contributed by atoms with Gasteiger partial charge in [-0.25, -0.2) is 0 Å². The van der Waals surface area contributed by atoms with Crippen molar-refractivity contribution in [3.05, 3.63) is 29.8 Å². The minimum absolute atomic E-state index is 0.296. The van der Waals surface area contributed by atoms with E-state index in [2.05, 4.69) is 4.99 Å². The van der Waals surface area contributed by atoms with Crippen molar-refractivity contribution in [2.75, 3.05) is 5.75 Å². The van der Waals surface area contributed by atoms with Crippen molar-refractivity contribution in [3.63, 3.8) is 0 Å². The summed E-state index contributed by atoms with van der Waals surface area (Å²) in [4.78, 5) is 4.30. The Labute approximate surface area is 87.0 Å². The molecular formula is C10H12N2OS. The SMILES string of the molecule is NC1=NC(Cc2ccc(O)cc2)CS1. The Morgan fingerprint density at radius 1 is 1.43 bits per heavy atom. The fraction of sp³-hybridized carbons (Fsp3) is 0.300. The smallest absolute Gasteiger partial charge is 0.154 e. The summed E-state index contributed by atoms with van der Waals surface area (Å²) in [7, 11) is 0. The molecule has 74 valence electrons. The van der Waals surface area contributed by atoms with Gasteiger partial charge in [0, 0.05) is 5.75 Å². The van der Waals surface area contributed by atoms with E-state index in [0.29, 0.717) is 17.0 Å². The van der Waals surface area contributed by atoms with Gasteiger partial charge in [-0.05, 0) is 24.1 Å². The molecule has 0 fully saturated rings. The summed E-state index contributed by atoms with van der Waals surface area (Å²) < 4.78 is 0. The maximum atomic E-state index is 9.11. The predicted octanol–water partition coefficient (Wildman–Crippen LogP) is 1.36. The first-order chi connectivity index (χ1) is 6.74. The second kappa shape index (κ2) is 3.92. The second-order valence-corrected chi connectivity index (χ2v) is 4.34. The standard InChI is InChI=1S/C10H12N2OS/c11-10-12-8(6-14-10)5-7-1-3-9(13)4-2-7/h1-4,8,13H,5-6H2,(H2,11,12). The number of aromatic hydroxyl groups is 1. The van der Waals surface area contributed by atoms with Crippen molar-refractivity contribution in [1.29, 1.82) is 0 Å². The van der Waals surface area contributed by atoms with E-state index in [0.717, 1.165) is 12.2 Å². The summed E-state index contributed by atoms with van der Waals surface area (Å²) >= 11 is 1.61. The van der Waals surface area contributed by atoms with Crippen molar-refractivity contribution in [2.24, 2.45) is 10.7 Å². The molecule has 1 aliphatic rings. The van der Waals surface area contributed by atoms with E-state index in [4.69, 9.17) is 10.8 Å². The Morgan fingerprint density at radius 2 is 2.14 bits per heavy atom. The molecule has 0 saturated carbocycles. The van der Waals surface area contributed by atoms with E-state index < -0.39 is 0 Å². The fourth-order valence-electron chi connectivity index (χ4n) is 1.44. The molecule has 0 bridgehead atoms. The second-order valence-electron chi connectivity index (χ2n) is 3.30. The molecule has 0 aromatic heterocycles. The van der Waals surface area contributed by atoms with Crippen LogP contribution in [0.2, 0.25) is 0 Å². The maximum absolute atomic E-state index is 9.11. The molecule has 4 heteroatoms. The van der Waals surface area contributed by atoms with Crippen molar-refractivity contribution in [1.82, 2.24) is 0 Å². The molecule has 0 spiro atoms. The molecule has 1 heterocycles. The third-order valence-corrected chi connectivity index (χ3v) is 3.09. The van der Waals surface area contributed by atoms with Gasteiger partial charge in [-0.15, -0.1) is 0 Å². The lowest BCUT2D eigenvalue weighted by atomic mass is 10.1. The van der Waals surface area contributed by atoms with Gasteiger partial charge in [0.15, 0.2) is 5.17 Å². The minimum atomic E-state index is 0.296. The van der Waals surface area contributed by atoms with Crippen LogP contribution in [0.25, 0.3) is 0 Å². The van der Waals surface area contributed by atoms with Crippen LogP contribution < -0.4 is 5.73 Å². The average Bonchev–Trinajstić information content (AvgIpc) is 2.56. The van der Waals surface area contributed by atoms with Crippen LogP contribution in [0.3, 0.4) is 0 Å². The molecule has 1 aromatic carbocycles. The molecule has 0 saturated heterocycles. The van der Waals surface area contributed by atoms with Crippen LogP contribution in [0.1, 0.15) is 5.56 Å². The highest BCUT2D eigenvalue weighted by atomic mass is 32.2. The molecule has 0 aliphatic carbocycles. The van der Waals surface area contributed by atoms with E-state index >= 15 is 0 Å². The lowest BCUT2D eigenvalue weighted by molar-refractivity contribution is 0.475. The molecule has 1 aliphatic heterocycles. The zero-order valence-corrected chi connectivity index (χ0v) is 8.50. The van der Waals surface area contributed by atoms with E-state index in [1.165, 1.54) is 5.56 Å². The number of hydrogen-bond acceptors (Lipinski definition) is 4. The van der Waals surface area contributed by atoms with Crippen LogP contribution in [0.15, 0.2) is 29.3 Å². The lowest BCUT2D eigenvalue weighted by Crippen LogP contribution is -2.08. The first-order valence-corrected chi connectivity index (χ1v) is 5.46. The van der Waals surface area contributed by atoms with E-state index in [1.54, 1.807) is 23.9 Å². The third-order valence-electron chi connectivity index (χ3n) is 2.14. The largest absolute Gasteiger partial charge is 0.508 e. The molecule has 3 nitrogen and oxygen atoms in total. The van der Waals surface area contributed by atoms with Gasteiger partial charge >= 0.3 is 0 Å². The fourth-order valence-corrected chi connectivity index (χ4v) is 2.22. The Balaban J connectivity index is 2.01. The lowest BCUT2D eigenvalue weighted by Gasteiger charge is -2.05. The summed E-state index contributed by atoms with van der Waals surface area (Å²) in [6.07, 6.45) is 0.897. The number of aliphatic imine (C=N–C) groups is 1. The van der Waals surface area contributed by atoms with Crippen molar-refractivity contribution in [2.45, 2.75) is 12.5 Å². The van der Waals surface area contributed by atoms with Crippen molar-refractivity contribution >= 4 is 16.9 Å². The zero-order chi connectivity index (χ0) is 9.97. The van der Waals surface area contributed by atoms with Crippen LogP contribution in [-0.4, -0.2) is 22.1 Å². The van der Waals surface area contributed by atoms with Gasteiger partial charge in [-0.2, -0.15) is 0 Å². The number of phenols is 1. The predicted molar refractivity (Wildman–Crippen MR) is 59.7 cm³/mol. The van der Waals surface area contributed by atoms with Crippen LogP contribution in [0.5, 0.6) is 5.75 Å². The number of rotatable bonds is 2. The Bertz CT molecular complexity index is 348. The van der Waals surface area contributed by atoms with Crippen LogP contribution in [0.4, 0.5) is 0 Å². The van der Waals surface area contributed by atoms with Gasteiger partial charge in [0.25, 0.3) is 0 Å². The molecule has 2 rings (SSSR count). The molecule has 1 unspecified atom stereocenters. The van der Waals surface area contributed by atoms with E-state index in [-0.39, 0.29) is 0 Å². The highest BCUT2D eigenvalue weighted by Crippen LogP contribution is 2.19. The van der Waals surface area contributed by atoms with E-state index in [9.17, 15) is 0 Å². The summed E-state index contributed by atoms with van der Waals surface area (Å²) in [5.74, 6) is 1.27. The molecular weight excluding hydrogens is 196 g/mol. The molecule has 3 N–H and O–H groups in total. The summed E-state index contributed by atoms with van der Waals surface area (Å²) in [5.41, 5.74) is 6.76. The average molecular weight is 208 g/mol. The Kier molecular flexibility index (Phi) is 2.63. The third kappa shape index (κ3) is 2.20. The number of hydrogen-bond donors (Lipinski definition) is 2. The summed E-state index contributed by atoms with van der Waals surface area (Å²) in [5, 5.41) is 9.80. The first-order valence-electron chi connectivity index (χ1n) is 4.48. The van der Waals surface area contributed by atoms with Crippen LogP contribution >= 0.6 is 11.8 Å². The Morgan fingerprint density at radius 3 is 2.71 bits per heavy atom. The minimum Gasteiger partial charge on any atom is -0.508 e. The van der Waals surface area contributed by atoms with Crippen LogP contribution in [0, 0.1) is 0 Å². The van der Waals surface area contributed by atoms with Crippen molar-refractivity contribution < 1.29 is 5.11 Å². The van der Waals surface area contributed by atoms with Gasteiger partial charge in [-0.3, -0.25) is 4.99 Å². The molecule has 14 heavy (non-hydrogen) atoms. The quantitative estimate of drug-likeness (QED) is 0.771. The monoisotopic (exact) mass is 208 g/mol. The van der Waals surface area contributed by atoms with E-state index in [1.807, 2.05) is 12.1 Å². The number of nitrogens with zero attached hydrogens (tertiary/aromatic N) is 1. The van der Waals surface area contributed by atoms with Gasteiger partial charge in [0.1, 0.15) is 5.75 Å². The first kappa shape index (κ1) is 9.40. The van der Waals surface area contributed by atoms with Crippen LogP contribution in [-0.2, 0) is 6.42 Å². The van der Waals surface area contributed by atoms with Gasteiger partial charge in [-0.1, -0.05) is 23.9 Å². The molecule has 0 radical (unpaired) electrons. The molecule has 1 aromatic rings. The molecule has 1 atom stereocenters. The number of nitrogens with two attached hydrogens (primary N) is 1. The topological polar surface area (TPSA) is 58.6 Å². The zero-order valence-electron chi connectivity index (χ0n) is 7.68. The highest BCUT2D eigenvalue weighted by molar-refractivity contribution is 8.14. The number of phenolic OH excluding ortho intramolecular Hbond substituents is 1. The molecule has 0 amide bonds. The highest BCUT2D eigenvalue weighted by Gasteiger charge is 2.16. The number of benzene rings is 1. The maximum Gasteiger partial charge on any atom is 0.154 e. The van der Waals surface area contributed by atoms with Gasteiger partial charge in [0.2, 0.25) is 0 Å². The number of thioether (sulfide) groups is 1.